The monoisotopic (exact) mass is 447 g/mol. The summed E-state index contributed by atoms with van der Waals surface area (Å²) in [6.45, 7) is 2.63. The molecule has 0 aliphatic rings. The van der Waals surface area contributed by atoms with Crippen molar-refractivity contribution < 1.29 is 9.90 Å². The highest BCUT2D eigenvalue weighted by Crippen LogP contribution is 2.38. The predicted molar refractivity (Wildman–Crippen MR) is 135 cm³/mol. The number of aromatic nitrogens is 2. The molecule has 0 aliphatic heterocycles. The lowest BCUT2D eigenvalue weighted by Gasteiger charge is -2.29. The summed E-state index contributed by atoms with van der Waals surface area (Å²) in [5.74, 6) is 0.363. The molecule has 5 aromatic rings. The minimum Gasteiger partial charge on any atom is -0.373 e. The number of anilines is 1. The van der Waals surface area contributed by atoms with Crippen molar-refractivity contribution in [2.24, 2.45) is 0 Å². The molecule has 1 aromatic heterocycles. The van der Waals surface area contributed by atoms with E-state index in [9.17, 15) is 9.90 Å². The Morgan fingerprint density at radius 1 is 0.853 bits per heavy atom. The molecule has 0 atom stereocenters. The smallest absolute Gasteiger partial charge is 0.255 e. The van der Waals surface area contributed by atoms with Crippen molar-refractivity contribution in [3.63, 3.8) is 0 Å². The van der Waals surface area contributed by atoms with Gasteiger partial charge in [0.1, 0.15) is 0 Å². The first-order valence-electron chi connectivity index (χ1n) is 11.3. The quantitative estimate of drug-likeness (QED) is 0.356. The molecular formula is C29H25N3O2. The van der Waals surface area contributed by atoms with Crippen molar-refractivity contribution in [3.05, 3.63) is 132 Å². The van der Waals surface area contributed by atoms with E-state index in [0.29, 0.717) is 23.6 Å². The summed E-state index contributed by atoms with van der Waals surface area (Å²) >= 11 is 0. The van der Waals surface area contributed by atoms with Crippen molar-refractivity contribution in [1.29, 1.82) is 0 Å². The molecule has 0 saturated heterocycles. The number of hydrogen-bond acceptors (Lipinski definition) is 3. The maximum absolute atomic E-state index is 12.7. The molecule has 0 unspecified atom stereocenters. The summed E-state index contributed by atoms with van der Waals surface area (Å²) in [5.41, 5.74) is 2.90. The van der Waals surface area contributed by atoms with Crippen molar-refractivity contribution in [2.45, 2.75) is 19.1 Å². The Kier molecular flexibility index (Phi) is 5.70. The van der Waals surface area contributed by atoms with E-state index in [0.717, 1.165) is 22.2 Å². The molecule has 34 heavy (non-hydrogen) atoms. The Hall–Kier alpha value is -4.22. The normalized spacial score (nSPS) is 11.5. The van der Waals surface area contributed by atoms with Crippen LogP contribution in [0.25, 0.3) is 11.0 Å². The molecule has 1 heterocycles. The second-order valence-corrected chi connectivity index (χ2v) is 8.15. The fourth-order valence-electron chi connectivity index (χ4n) is 4.37. The number of nitrogens with zero attached hydrogens (tertiary/aromatic N) is 2. The molecule has 168 valence electrons. The molecule has 5 nitrogen and oxygen atoms in total. The van der Waals surface area contributed by atoms with Gasteiger partial charge in [-0.05, 0) is 48.4 Å². The Balaban J connectivity index is 1.63. The van der Waals surface area contributed by atoms with Gasteiger partial charge >= 0.3 is 0 Å². The third-order valence-electron chi connectivity index (χ3n) is 6.07. The van der Waals surface area contributed by atoms with Gasteiger partial charge in [-0.15, -0.1) is 0 Å². The summed E-state index contributed by atoms with van der Waals surface area (Å²) in [5, 5.41) is 15.2. The molecule has 0 spiro atoms. The van der Waals surface area contributed by atoms with E-state index in [4.69, 9.17) is 4.98 Å². The second kappa shape index (κ2) is 8.96. The first kappa shape index (κ1) is 21.6. The fourth-order valence-corrected chi connectivity index (χ4v) is 4.37. The van der Waals surface area contributed by atoms with Crippen LogP contribution in [-0.2, 0) is 12.1 Å². The van der Waals surface area contributed by atoms with Gasteiger partial charge in [0.25, 0.3) is 5.91 Å². The molecule has 1 amide bonds. The average Bonchev–Trinajstić information content (AvgIpc) is 3.28. The van der Waals surface area contributed by atoms with E-state index in [1.54, 1.807) is 12.1 Å². The van der Waals surface area contributed by atoms with Crippen LogP contribution in [0.4, 0.5) is 5.69 Å². The van der Waals surface area contributed by atoms with Crippen molar-refractivity contribution in [1.82, 2.24) is 9.55 Å². The zero-order valence-corrected chi connectivity index (χ0v) is 18.8. The molecule has 0 fully saturated rings. The SMILES string of the molecule is CCn1c(C(O)(c2ccccc2)c2ccccc2)nc2ccc(NC(=O)c3ccccc3)cc21. The molecule has 2 N–H and O–H groups in total. The Morgan fingerprint density at radius 2 is 1.41 bits per heavy atom. The van der Waals surface area contributed by atoms with Gasteiger partial charge in [0.2, 0.25) is 0 Å². The van der Waals surface area contributed by atoms with Gasteiger partial charge in [-0.25, -0.2) is 4.98 Å². The number of amides is 1. The van der Waals surface area contributed by atoms with Crippen LogP contribution in [0.2, 0.25) is 0 Å². The van der Waals surface area contributed by atoms with Crippen LogP contribution in [0, 0.1) is 0 Å². The number of aliphatic hydroxyl groups is 1. The number of nitrogens with one attached hydrogen (secondary N) is 1. The van der Waals surface area contributed by atoms with Crippen LogP contribution in [-0.4, -0.2) is 20.6 Å². The van der Waals surface area contributed by atoms with Gasteiger partial charge < -0.3 is 15.0 Å². The van der Waals surface area contributed by atoms with Gasteiger partial charge in [-0.3, -0.25) is 4.79 Å². The highest BCUT2D eigenvalue weighted by Gasteiger charge is 2.38. The molecule has 0 bridgehead atoms. The summed E-state index contributed by atoms with van der Waals surface area (Å²) < 4.78 is 2.01. The summed E-state index contributed by atoms with van der Waals surface area (Å²) in [6.07, 6.45) is 0. The van der Waals surface area contributed by atoms with E-state index in [-0.39, 0.29) is 5.91 Å². The first-order valence-corrected chi connectivity index (χ1v) is 11.3. The van der Waals surface area contributed by atoms with Gasteiger partial charge in [-0.1, -0.05) is 78.9 Å². The first-order chi connectivity index (χ1) is 16.6. The van der Waals surface area contributed by atoms with Crippen molar-refractivity contribution >= 4 is 22.6 Å². The van der Waals surface area contributed by atoms with E-state index in [2.05, 4.69) is 5.32 Å². The van der Waals surface area contributed by atoms with Crippen molar-refractivity contribution in [3.8, 4) is 0 Å². The topological polar surface area (TPSA) is 67.2 Å². The number of aryl methyl sites for hydroxylation is 1. The zero-order valence-electron chi connectivity index (χ0n) is 18.8. The number of carbonyl (C=O) groups excluding carboxylic acids is 1. The van der Waals surface area contributed by atoms with Crippen LogP contribution in [0.3, 0.4) is 0 Å². The van der Waals surface area contributed by atoms with Gasteiger partial charge in [0, 0.05) is 17.8 Å². The van der Waals surface area contributed by atoms with E-state index in [1.807, 2.05) is 109 Å². The number of benzene rings is 4. The molecule has 4 aromatic carbocycles. The van der Waals surface area contributed by atoms with Gasteiger partial charge in [-0.2, -0.15) is 0 Å². The van der Waals surface area contributed by atoms with Gasteiger partial charge in [0.15, 0.2) is 11.4 Å². The Labute approximate surface area is 198 Å². The maximum atomic E-state index is 12.7. The fraction of sp³-hybridized carbons (Fsp3) is 0.103. The molecule has 0 saturated carbocycles. The lowest BCUT2D eigenvalue weighted by molar-refractivity contribution is 0.102. The standard InChI is InChI=1S/C29H25N3O2/c1-2-32-26-20-24(30-27(33)21-12-6-3-7-13-21)18-19-25(26)31-28(32)29(34,22-14-8-4-9-15-22)23-16-10-5-11-17-23/h3-20,34H,2H2,1H3,(H,30,33). The van der Waals surface area contributed by atoms with Crippen LogP contribution < -0.4 is 5.32 Å². The molecule has 5 heteroatoms. The average molecular weight is 448 g/mol. The molecular weight excluding hydrogens is 422 g/mol. The largest absolute Gasteiger partial charge is 0.373 e. The number of rotatable bonds is 6. The van der Waals surface area contributed by atoms with E-state index >= 15 is 0 Å². The minimum absolute atomic E-state index is 0.173. The van der Waals surface area contributed by atoms with Crippen LogP contribution >= 0.6 is 0 Å². The Bertz CT molecular complexity index is 1390. The summed E-state index contributed by atoms with van der Waals surface area (Å²) in [7, 11) is 0. The van der Waals surface area contributed by atoms with Crippen LogP contribution in [0.5, 0.6) is 0 Å². The predicted octanol–water partition coefficient (Wildman–Crippen LogP) is 5.59. The van der Waals surface area contributed by atoms with Crippen LogP contribution in [0.1, 0.15) is 34.2 Å². The van der Waals surface area contributed by atoms with E-state index < -0.39 is 5.60 Å². The van der Waals surface area contributed by atoms with E-state index in [1.165, 1.54) is 0 Å². The minimum atomic E-state index is -1.44. The second-order valence-electron chi connectivity index (χ2n) is 8.15. The zero-order chi connectivity index (χ0) is 23.5. The lowest BCUT2D eigenvalue weighted by Crippen LogP contribution is -2.32. The highest BCUT2D eigenvalue weighted by atomic mass is 16.3. The number of carbonyl (C=O) groups is 1. The Morgan fingerprint density at radius 3 is 1.97 bits per heavy atom. The molecule has 0 aliphatic carbocycles. The number of fused-ring (bicyclic) bond motifs is 1. The molecule has 0 radical (unpaired) electrons. The molecule has 5 rings (SSSR count). The third-order valence-corrected chi connectivity index (χ3v) is 6.07. The third kappa shape index (κ3) is 3.76. The maximum Gasteiger partial charge on any atom is 0.255 e. The van der Waals surface area contributed by atoms with Gasteiger partial charge in [0.05, 0.1) is 11.0 Å². The highest BCUT2D eigenvalue weighted by molar-refractivity contribution is 6.05. The number of hydrogen-bond donors (Lipinski definition) is 2. The summed E-state index contributed by atoms with van der Waals surface area (Å²) in [6, 6.07) is 33.9. The lowest BCUT2D eigenvalue weighted by atomic mass is 9.85. The van der Waals surface area contributed by atoms with Crippen molar-refractivity contribution in [2.75, 3.05) is 5.32 Å². The number of imidazole rings is 1. The summed E-state index contributed by atoms with van der Waals surface area (Å²) in [4.78, 5) is 17.6. The van der Waals surface area contributed by atoms with Crippen LogP contribution in [0.15, 0.2) is 109 Å².